The van der Waals surface area contributed by atoms with Crippen LogP contribution in [0.5, 0.6) is 0 Å². The van der Waals surface area contributed by atoms with E-state index in [-0.39, 0.29) is 30.2 Å². The molecule has 1 aromatic carbocycles. The summed E-state index contributed by atoms with van der Waals surface area (Å²) in [4.78, 5) is 40.3. The summed E-state index contributed by atoms with van der Waals surface area (Å²) in [5.41, 5.74) is 3.69. The predicted octanol–water partition coefficient (Wildman–Crippen LogP) is 3.00. The van der Waals surface area contributed by atoms with Crippen molar-refractivity contribution in [2.24, 2.45) is 0 Å². The number of halogens is 3. The van der Waals surface area contributed by atoms with Crippen LogP contribution in [0.1, 0.15) is 37.8 Å². The first-order chi connectivity index (χ1) is 14.1. The van der Waals surface area contributed by atoms with Crippen LogP contribution in [0.3, 0.4) is 0 Å². The van der Waals surface area contributed by atoms with Gasteiger partial charge in [-0.1, -0.05) is 25.5 Å². The maximum atomic E-state index is 12.8. The number of carbonyl (C=O) groups is 1. The first kappa shape index (κ1) is 23.0. The van der Waals surface area contributed by atoms with E-state index in [0.717, 1.165) is 29.5 Å². The van der Waals surface area contributed by atoms with Gasteiger partial charge in [-0.3, -0.25) is 19.1 Å². The quantitative estimate of drug-likeness (QED) is 0.667. The molecule has 0 unspecified atom stereocenters. The number of unbranched alkanes of at least 4 members (excludes halogenated alkanes) is 1. The van der Waals surface area contributed by atoms with Gasteiger partial charge in [-0.05, 0) is 37.1 Å². The first-order valence-corrected chi connectivity index (χ1v) is 9.39. The third-order valence-corrected chi connectivity index (χ3v) is 4.43. The van der Waals surface area contributed by atoms with E-state index in [1.807, 2.05) is 6.92 Å². The lowest BCUT2D eigenvalue weighted by Gasteiger charge is -2.22. The summed E-state index contributed by atoms with van der Waals surface area (Å²) in [5.74, 6) is -0.798. The van der Waals surface area contributed by atoms with Crippen LogP contribution in [-0.4, -0.2) is 22.0 Å². The highest BCUT2D eigenvalue weighted by Crippen LogP contribution is 2.29. The first-order valence-electron chi connectivity index (χ1n) is 9.39. The zero-order valence-corrected chi connectivity index (χ0v) is 16.6. The number of aromatic nitrogens is 2. The number of anilines is 2. The van der Waals surface area contributed by atoms with Crippen LogP contribution < -0.4 is 21.9 Å². The van der Waals surface area contributed by atoms with Crippen LogP contribution in [-0.2, 0) is 17.5 Å². The molecule has 7 nitrogen and oxygen atoms in total. The fraction of sp³-hybridized carbons (Fsp3) is 0.350. The maximum Gasteiger partial charge on any atom is 0.416 e. The van der Waals surface area contributed by atoms with Crippen LogP contribution in [0.4, 0.5) is 24.7 Å². The van der Waals surface area contributed by atoms with Crippen LogP contribution >= 0.6 is 0 Å². The topological polar surface area (TPSA) is 101 Å². The van der Waals surface area contributed by atoms with Gasteiger partial charge in [-0.15, -0.1) is 0 Å². The number of carbonyl (C=O) groups excluding carboxylic acids is 1. The van der Waals surface area contributed by atoms with Crippen molar-refractivity contribution in [2.75, 3.05) is 17.2 Å². The van der Waals surface area contributed by atoms with E-state index in [2.05, 4.69) is 4.98 Å². The van der Waals surface area contributed by atoms with Crippen molar-refractivity contribution in [3.05, 3.63) is 62.3 Å². The molecule has 1 heterocycles. The number of H-pyrrole nitrogens is 1. The number of nitrogens with two attached hydrogens (primary N) is 1. The fourth-order valence-corrected chi connectivity index (χ4v) is 2.88. The minimum absolute atomic E-state index is 0.0605. The van der Waals surface area contributed by atoms with Crippen molar-refractivity contribution in [2.45, 2.75) is 39.4 Å². The summed E-state index contributed by atoms with van der Waals surface area (Å²) in [6.45, 7) is 3.87. The lowest BCUT2D eigenvalue weighted by molar-refractivity contribution is -0.137. The van der Waals surface area contributed by atoms with Crippen molar-refractivity contribution in [3.8, 4) is 0 Å². The molecule has 2 rings (SSSR count). The number of aromatic amines is 1. The smallest absolute Gasteiger partial charge is 0.383 e. The van der Waals surface area contributed by atoms with E-state index in [1.165, 1.54) is 22.8 Å². The Morgan fingerprint density at radius 1 is 1.27 bits per heavy atom. The molecule has 0 atom stereocenters. The summed E-state index contributed by atoms with van der Waals surface area (Å²) in [5, 5.41) is 0. The van der Waals surface area contributed by atoms with Crippen molar-refractivity contribution < 1.29 is 18.0 Å². The Morgan fingerprint density at radius 3 is 2.57 bits per heavy atom. The van der Waals surface area contributed by atoms with Crippen LogP contribution in [0.25, 0.3) is 6.08 Å². The average Bonchev–Trinajstić information content (AvgIpc) is 2.68. The van der Waals surface area contributed by atoms with Crippen LogP contribution in [0.15, 0.2) is 39.9 Å². The molecule has 1 aromatic heterocycles. The van der Waals surface area contributed by atoms with Gasteiger partial charge in [0.05, 0.1) is 5.56 Å². The molecule has 0 aliphatic heterocycles. The number of amides is 1. The molecule has 0 fully saturated rings. The number of rotatable bonds is 7. The van der Waals surface area contributed by atoms with E-state index in [1.54, 1.807) is 6.92 Å². The van der Waals surface area contributed by atoms with E-state index >= 15 is 0 Å². The molecule has 1 amide bonds. The van der Waals surface area contributed by atoms with Gasteiger partial charge in [0, 0.05) is 19.2 Å². The molecule has 0 bridgehead atoms. The van der Waals surface area contributed by atoms with Gasteiger partial charge in [0.1, 0.15) is 5.82 Å². The molecule has 3 N–H and O–H groups in total. The van der Waals surface area contributed by atoms with Gasteiger partial charge >= 0.3 is 11.9 Å². The number of likely N-dealkylation sites (N-methyl/N-ethyl adjacent to an activating group) is 1. The minimum Gasteiger partial charge on any atom is -0.383 e. The molecule has 10 heteroatoms. The Bertz CT molecular complexity index is 1050. The van der Waals surface area contributed by atoms with Crippen molar-refractivity contribution in [1.29, 1.82) is 0 Å². The van der Waals surface area contributed by atoms with E-state index in [0.29, 0.717) is 6.42 Å². The fourth-order valence-electron chi connectivity index (χ4n) is 2.88. The van der Waals surface area contributed by atoms with E-state index in [9.17, 15) is 27.6 Å². The standard InChI is InChI=1S/C20H23F3N4O3/c1-3-5-11-27-17(24)16(18(29)25-19(27)30)26(4-2)15(28)10-9-13-7-6-8-14(12-13)20(21,22)23/h6-10,12H,3-5,11,24H2,1-2H3,(H,25,29,30)/b10-9+. The summed E-state index contributed by atoms with van der Waals surface area (Å²) >= 11 is 0. The summed E-state index contributed by atoms with van der Waals surface area (Å²) in [7, 11) is 0. The number of benzene rings is 1. The predicted molar refractivity (Wildman–Crippen MR) is 109 cm³/mol. The Labute approximate surface area is 170 Å². The maximum absolute atomic E-state index is 12.8. The van der Waals surface area contributed by atoms with Crippen LogP contribution in [0, 0.1) is 0 Å². The number of nitrogen functional groups attached to an aromatic ring is 1. The molecular weight excluding hydrogens is 401 g/mol. The van der Waals surface area contributed by atoms with Gasteiger partial charge in [-0.2, -0.15) is 13.2 Å². The van der Waals surface area contributed by atoms with E-state index in [4.69, 9.17) is 5.73 Å². The van der Waals surface area contributed by atoms with Gasteiger partial charge in [-0.25, -0.2) is 4.79 Å². The zero-order chi connectivity index (χ0) is 22.5. The number of nitrogens with zero attached hydrogens (tertiary/aromatic N) is 2. The molecule has 0 saturated carbocycles. The summed E-state index contributed by atoms with van der Waals surface area (Å²) < 4.78 is 39.7. The van der Waals surface area contributed by atoms with Crippen LogP contribution in [0.2, 0.25) is 0 Å². The highest BCUT2D eigenvalue weighted by Gasteiger charge is 2.30. The molecule has 0 saturated heterocycles. The van der Waals surface area contributed by atoms with E-state index < -0.39 is 28.9 Å². The van der Waals surface area contributed by atoms with Crippen molar-refractivity contribution in [3.63, 3.8) is 0 Å². The summed E-state index contributed by atoms with van der Waals surface area (Å²) in [6.07, 6.45) is -0.796. The van der Waals surface area contributed by atoms with Gasteiger partial charge in [0.2, 0.25) is 0 Å². The third-order valence-electron chi connectivity index (χ3n) is 4.43. The Hall–Kier alpha value is -3.30. The molecule has 0 radical (unpaired) electrons. The molecular formula is C20H23F3N4O3. The molecule has 0 aliphatic rings. The second kappa shape index (κ2) is 9.47. The Morgan fingerprint density at radius 2 is 1.97 bits per heavy atom. The molecule has 0 spiro atoms. The zero-order valence-electron chi connectivity index (χ0n) is 16.6. The molecule has 0 aliphatic carbocycles. The number of nitrogens with one attached hydrogen (secondary N) is 1. The number of alkyl halides is 3. The average molecular weight is 424 g/mol. The monoisotopic (exact) mass is 424 g/mol. The van der Waals surface area contributed by atoms with Gasteiger partial charge < -0.3 is 10.6 Å². The minimum atomic E-state index is -4.50. The second-order valence-corrected chi connectivity index (χ2v) is 6.54. The van der Waals surface area contributed by atoms with Crippen molar-refractivity contribution >= 4 is 23.5 Å². The molecule has 30 heavy (non-hydrogen) atoms. The number of hydrogen-bond acceptors (Lipinski definition) is 4. The SMILES string of the molecule is CCCCn1c(N)c(N(CC)C(=O)/C=C/c2cccc(C(F)(F)F)c2)c(=O)[nH]c1=O. The lowest BCUT2D eigenvalue weighted by atomic mass is 10.1. The number of hydrogen-bond donors (Lipinski definition) is 2. The highest BCUT2D eigenvalue weighted by atomic mass is 19.4. The van der Waals surface area contributed by atoms with Crippen molar-refractivity contribution in [1.82, 2.24) is 9.55 Å². The Kier molecular flexibility index (Phi) is 7.25. The largest absolute Gasteiger partial charge is 0.416 e. The molecule has 2 aromatic rings. The van der Waals surface area contributed by atoms with Gasteiger partial charge in [0.25, 0.3) is 11.5 Å². The second-order valence-electron chi connectivity index (χ2n) is 6.54. The lowest BCUT2D eigenvalue weighted by Crippen LogP contribution is -2.40. The highest BCUT2D eigenvalue weighted by molar-refractivity contribution is 6.05. The Balaban J connectivity index is 2.39. The van der Waals surface area contributed by atoms with Gasteiger partial charge in [0.15, 0.2) is 5.69 Å². The third kappa shape index (κ3) is 5.19. The summed E-state index contributed by atoms with van der Waals surface area (Å²) in [6, 6.07) is 4.49. The molecule has 162 valence electrons. The normalized spacial score (nSPS) is 11.8.